The summed E-state index contributed by atoms with van der Waals surface area (Å²) in [6, 6.07) is 0.512. The molecule has 0 atom stereocenters. The first-order valence-electron chi connectivity index (χ1n) is 6.45. The molecule has 0 unspecified atom stereocenters. The molecule has 3 N–H and O–H groups in total. The zero-order valence-electron chi connectivity index (χ0n) is 11.0. The lowest BCUT2D eigenvalue weighted by Crippen LogP contribution is -2.34. The molecule has 2 rings (SSSR count). The zero-order valence-corrected chi connectivity index (χ0v) is 11.0. The molecule has 92 valence electrons. The molecule has 2 saturated carbocycles. The van der Waals surface area contributed by atoms with E-state index in [1.54, 1.807) is 0 Å². The quantitative estimate of drug-likeness (QED) is 0.327. The minimum Gasteiger partial charge on any atom is -0.312 e. The van der Waals surface area contributed by atoms with Crippen molar-refractivity contribution in [3.05, 3.63) is 0 Å². The van der Waals surface area contributed by atoms with E-state index in [0.717, 1.165) is 5.84 Å². The first kappa shape index (κ1) is 11.9. The smallest absolute Gasteiger partial charge is 0.115 e. The lowest BCUT2D eigenvalue weighted by molar-refractivity contribution is 0.457. The van der Waals surface area contributed by atoms with E-state index in [-0.39, 0.29) is 0 Å². The fourth-order valence-electron chi connectivity index (χ4n) is 3.31. The molecule has 0 aromatic carbocycles. The summed E-state index contributed by atoms with van der Waals surface area (Å²) < 4.78 is 0. The van der Waals surface area contributed by atoms with Crippen LogP contribution in [-0.2, 0) is 0 Å². The summed E-state index contributed by atoms with van der Waals surface area (Å²) >= 11 is 0. The van der Waals surface area contributed by atoms with Gasteiger partial charge in [-0.15, -0.1) is 0 Å². The fourth-order valence-corrected chi connectivity index (χ4v) is 3.31. The molecule has 2 aliphatic carbocycles. The highest BCUT2D eigenvalue weighted by Gasteiger charge is 2.66. The van der Waals surface area contributed by atoms with Crippen LogP contribution >= 0.6 is 0 Å². The van der Waals surface area contributed by atoms with Crippen molar-refractivity contribution in [3.63, 3.8) is 0 Å². The van der Waals surface area contributed by atoms with Gasteiger partial charge in [-0.2, -0.15) is 0 Å². The topological polar surface area (TPSA) is 50.4 Å². The number of rotatable bonds is 2. The van der Waals surface area contributed by atoms with Crippen molar-refractivity contribution >= 4 is 5.84 Å². The molecule has 16 heavy (non-hydrogen) atoms. The van der Waals surface area contributed by atoms with Crippen LogP contribution < -0.4 is 11.3 Å². The van der Waals surface area contributed by atoms with Gasteiger partial charge in [0.15, 0.2) is 0 Å². The zero-order chi connectivity index (χ0) is 12.0. The Balaban J connectivity index is 2.12. The van der Waals surface area contributed by atoms with Crippen molar-refractivity contribution in [3.8, 4) is 0 Å². The number of hydrazine groups is 1. The standard InChI is InChI=1S/C13H25N3/c1-12(2)10(13(12,3)4)11(16-14)15-9-7-5-6-8-9/h9-10H,5-8,14H2,1-4H3,(H,15,16). The van der Waals surface area contributed by atoms with Crippen LogP contribution in [0.3, 0.4) is 0 Å². The van der Waals surface area contributed by atoms with Crippen molar-refractivity contribution < 1.29 is 0 Å². The molecule has 2 aliphatic rings. The molecule has 0 aromatic rings. The molecule has 3 heteroatoms. The van der Waals surface area contributed by atoms with Crippen molar-refractivity contribution in [2.75, 3.05) is 0 Å². The van der Waals surface area contributed by atoms with Crippen LogP contribution in [0, 0.1) is 16.7 Å². The van der Waals surface area contributed by atoms with E-state index in [2.05, 4.69) is 33.1 Å². The average Bonchev–Trinajstić information content (AvgIpc) is 2.63. The third-order valence-electron chi connectivity index (χ3n) is 5.09. The van der Waals surface area contributed by atoms with Crippen LogP contribution in [0.2, 0.25) is 0 Å². The van der Waals surface area contributed by atoms with Crippen molar-refractivity contribution in [2.45, 2.75) is 59.4 Å². The van der Waals surface area contributed by atoms with Crippen LogP contribution in [0.25, 0.3) is 0 Å². The van der Waals surface area contributed by atoms with E-state index >= 15 is 0 Å². The van der Waals surface area contributed by atoms with Gasteiger partial charge in [-0.05, 0) is 23.7 Å². The monoisotopic (exact) mass is 223 g/mol. The average molecular weight is 223 g/mol. The first-order chi connectivity index (χ1) is 7.41. The molecule has 3 nitrogen and oxygen atoms in total. The number of nitrogens with one attached hydrogen (secondary N) is 1. The Labute approximate surface area is 98.9 Å². The van der Waals surface area contributed by atoms with E-state index < -0.39 is 0 Å². The Morgan fingerprint density at radius 2 is 1.62 bits per heavy atom. The van der Waals surface area contributed by atoms with Gasteiger partial charge in [-0.3, -0.25) is 4.99 Å². The number of nitrogens with two attached hydrogens (primary N) is 1. The highest BCUT2D eigenvalue weighted by atomic mass is 15.3. The fraction of sp³-hybridized carbons (Fsp3) is 0.923. The van der Waals surface area contributed by atoms with E-state index in [0.29, 0.717) is 22.8 Å². The van der Waals surface area contributed by atoms with E-state index in [1.807, 2.05) is 0 Å². The van der Waals surface area contributed by atoms with Gasteiger partial charge in [0.05, 0.1) is 6.04 Å². The van der Waals surface area contributed by atoms with Crippen molar-refractivity contribution in [1.29, 1.82) is 0 Å². The van der Waals surface area contributed by atoms with Gasteiger partial charge in [0.1, 0.15) is 5.84 Å². The predicted octanol–water partition coefficient (Wildman–Crippen LogP) is 2.47. The second-order valence-electron chi connectivity index (χ2n) is 6.47. The summed E-state index contributed by atoms with van der Waals surface area (Å²) in [7, 11) is 0. The Bertz CT molecular complexity index is 284. The van der Waals surface area contributed by atoms with Crippen molar-refractivity contribution in [2.24, 2.45) is 27.6 Å². The Morgan fingerprint density at radius 3 is 2.00 bits per heavy atom. The molecular formula is C13H25N3. The Kier molecular flexibility index (Phi) is 2.77. The summed E-state index contributed by atoms with van der Waals surface area (Å²) in [6.45, 7) is 9.22. The van der Waals surface area contributed by atoms with Gasteiger partial charge in [-0.25, -0.2) is 5.84 Å². The first-order valence-corrected chi connectivity index (χ1v) is 6.45. The summed E-state index contributed by atoms with van der Waals surface area (Å²) in [5.41, 5.74) is 3.48. The van der Waals surface area contributed by atoms with Gasteiger partial charge in [0.25, 0.3) is 0 Å². The van der Waals surface area contributed by atoms with Crippen molar-refractivity contribution in [1.82, 2.24) is 5.43 Å². The summed E-state index contributed by atoms with van der Waals surface area (Å²) in [4.78, 5) is 4.83. The van der Waals surface area contributed by atoms with Gasteiger partial charge >= 0.3 is 0 Å². The number of hydrogen-bond donors (Lipinski definition) is 2. The summed E-state index contributed by atoms with van der Waals surface area (Å²) in [5, 5.41) is 0. The minimum atomic E-state index is 0.316. The molecule has 2 fully saturated rings. The number of aliphatic imine (C=N–C) groups is 1. The highest BCUT2D eigenvalue weighted by Crippen LogP contribution is 2.68. The molecule has 0 saturated heterocycles. The van der Waals surface area contributed by atoms with Gasteiger partial charge < -0.3 is 5.43 Å². The van der Waals surface area contributed by atoms with Crippen LogP contribution in [-0.4, -0.2) is 11.9 Å². The molecule has 0 aromatic heterocycles. The molecule has 0 spiro atoms. The second kappa shape index (κ2) is 3.73. The van der Waals surface area contributed by atoms with E-state index in [4.69, 9.17) is 10.8 Å². The third-order valence-corrected chi connectivity index (χ3v) is 5.09. The molecule has 0 radical (unpaired) electrons. The number of hydrogen-bond acceptors (Lipinski definition) is 2. The van der Waals surface area contributed by atoms with Crippen LogP contribution in [0.4, 0.5) is 0 Å². The molecule has 0 heterocycles. The highest BCUT2D eigenvalue weighted by molar-refractivity contribution is 5.89. The number of nitrogens with zero attached hydrogens (tertiary/aromatic N) is 1. The molecule has 0 amide bonds. The molecular weight excluding hydrogens is 198 g/mol. The van der Waals surface area contributed by atoms with Gasteiger partial charge in [0.2, 0.25) is 0 Å². The van der Waals surface area contributed by atoms with Gasteiger partial charge in [0, 0.05) is 5.92 Å². The minimum absolute atomic E-state index is 0.316. The summed E-state index contributed by atoms with van der Waals surface area (Å²) in [6.07, 6.45) is 5.12. The number of amidine groups is 1. The molecule has 0 bridgehead atoms. The van der Waals surface area contributed by atoms with Gasteiger partial charge in [-0.1, -0.05) is 40.5 Å². The van der Waals surface area contributed by atoms with Crippen LogP contribution in [0.15, 0.2) is 4.99 Å². The Morgan fingerprint density at radius 1 is 1.12 bits per heavy atom. The molecule has 0 aliphatic heterocycles. The maximum atomic E-state index is 5.65. The normalized spacial score (nSPS) is 29.4. The summed E-state index contributed by atoms with van der Waals surface area (Å²) in [5.74, 6) is 7.17. The maximum absolute atomic E-state index is 5.65. The largest absolute Gasteiger partial charge is 0.312 e. The lowest BCUT2D eigenvalue weighted by Gasteiger charge is -2.11. The maximum Gasteiger partial charge on any atom is 0.115 e. The third kappa shape index (κ3) is 1.65. The van der Waals surface area contributed by atoms with Crippen LogP contribution in [0.1, 0.15) is 53.4 Å². The van der Waals surface area contributed by atoms with E-state index in [1.165, 1.54) is 25.7 Å². The Hall–Kier alpha value is -0.570. The second-order valence-corrected chi connectivity index (χ2v) is 6.47. The predicted molar refractivity (Wildman–Crippen MR) is 68.1 cm³/mol. The SMILES string of the molecule is CC1(C)C(C(=NC2CCCC2)NN)C1(C)C. The lowest BCUT2D eigenvalue weighted by atomic mass is 10.0. The van der Waals surface area contributed by atoms with E-state index in [9.17, 15) is 0 Å². The van der Waals surface area contributed by atoms with Crippen LogP contribution in [0.5, 0.6) is 0 Å².